The summed E-state index contributed by atoms with van der Waals surface area (Å²) in [6.07, 6.45) is 6.22. The number of nitrogens with zero attached hydrogens (tertiary/aromatic N) is 2. The summed E-state index contributed by atoms with van der Waals surface area (Å²) >= 11 is 0. The number of aromatic nitrogens is 2. The molecule has 1 heterocycles. The van der Waals surface area contributed by atoms with Crippen LogP contribution < -0.4 is 4.74 Å². The van der Waals surface area contributed by atoms with Gasteiger partial charge in [-0.05, 0) is 48.2 Å². The predicted octanol–water partition coefficient (Wildman–Crippen LogP) is 4.89. The van der Waals surface area contributed by atoms with Crippen molar-refractivity contribution in [2.24, 2.45) is 0 Å². The van der Waals surface area contributed by atoms with Crippen molar-refractivity contribution in [3.8, 4) is 5.75 Å². The fourth-order valence-electron chi connectivity index (χ4n) is 4.85. The summed E-state index contributed by atoms with van der Waals surface area (Å²) in [5.74, 6) is -1.50. The maximum Gasteiger partial charge on any atom is 0.337 e. The molecule has 1 N–H and O–H groups in total. The first-order chi connectivity index (χ1) is 18.3. The molecule has 1 unspecified atom stereocenters. The van der Waals surface area contributed by atoms with Gasteiger partial charge in [0.2, 0.25) is 0 Å². The quantitative estimate of drug-likeness (QED) is 0.327. The van der Waals surface area contributed by atoms with Crippen LogP contribution in [-0.4, -0.2) is 34.8 Å². The highest BCUT2D eigenvalue weighted by molar-refractivity contribution is 7.90. The first-order valence-corrected chi connectivity index (χ1v) is 13.9. The van der Waals surface area contributed by atoms with Crippen molar-refractivity contribution < 1.29 is 27.9 Å². The molecule has 3 aromatic carbocycles. The number of ether oxygens (including phenoxy) is 1. The topological polar surface area (TPSA) is 116 Å². The Balaban J connectivity index is 1.60. The summed E-state index contributed by atoms with van der Waals surface area (Å²) in [4.78, 5) is 28.3. The zero-order valence-corrected chi connectivity index (χ0v) is 21.3. The number of fused-ring (bicyclic) bond motifs is 1. The van der Waals surface area contributed by atoms with Gasteiger partial charge in [0.05, 0.1) is 29.1 Å². The average molecular weight is 531 g/mol. The standard InChI is InChI=1S/C29H26N2O6S/c32-25-11-6-10-21-22(25)13-14-26(24(21)18-38(35,36)28-12-5-4-9-23(28)29(33)34)37-27(17-31-16-15-30-19-31)20-7-2-1-3-8-20/h1-5,7-9,12-16,19,27H,6,10-11,17-18H2,(H,33,34). The summed E-state index contributed by atoms with van der Waals surface area (Å²) in [6.45, 7) is 0.425. The molecule has 0 bridgehead atoms. The second-order valence-corrected chi connectivity index (χ2v) is 11.1. The van der Waals surface area contributed by atoms with Gasteiger partial charge in [-0.15, -0.1) is 0 Å². The summed E-state index contributed by atoms with van der Waals surface area (Å²) in [7, 11) is -4.10. The third kappa shape index (κ3) is 5.24. The molecule has 8 nitrogen and oxygen atoms in total. The van der Waals surface area contributed by atoms with Crippen LogP contribution in [-0.2, 0) is 28.6 Å². The number of ketones is 1. The molecule has 1 aromatic heterocycles. The Morgan fingerprint density at radius 1 is 1.03 bits per heavy atom. The van der Waals surface area contributed by atoms with Crippen LogP contribution in [0.5, 0.6) is 5.75 Å². The second-order valence-electron chi connectivity index (χ2n) is 9.18. The van der Waals surface area contributed by atoms with Gasteiger partial charge >= 0.3 is 5.97 Å². The number of carboxylic acids is 1. The highest BCUT2D eigenvalue weighted by atomic mass is 32.2. The predicted molar refractivity (Wildman–Crippen MR) is 140 cm³/mol. The van der Waals surface area contributed by atoms with E-state index in [1.807, 2.05) is 41.1 Å². The molecule has 0 saturated carbocycles. The Morgan fingerprint density at radius 2 is 1.79 bits per heavy atom. The Bertz CT molecular complexity index is 1580. The molecule has 194 valence electrons. The van der Waals surface area contributed by atoms with Crippen LogP contribution in [0.15, 0.2) is 90.3 Å². The molecule has 5 rings (SSSR count). The number of sulfone groups is 1. The molecule has 0 saturated heterocycles. The number of carbonyl (C=O) groups excluding carboxylic acids is 1. The van der Waals surface area contributed by atoms with Gasteiger partial charge in [-0.3, -0.25) is 4.79 Å². The first kappa shape index (κ1) is 25.4. The summed E-state index contributed by atoms with van der Waals surface area (Å²) in [5.41, 5.74) is 2.12. The number of rotatable bonds is 9. The van der Waals surface area contributed by atoms with Crippen molar-refractivity contribution in [3.63, 3.8) is 0 Å². The maximum atomic E-state index is 13.6. The minimum atomic E-state index is -4.10. The molecule has 9 heteroatoms. The van der Waals surface area contributed by atoms with Gasteiger partial charge < -0.3 is 14.4 Å². The molecule has 0 amide bonds. The van der Waals surface area contributed by atoms with Crippen LogP contribution >= 0.6 is 0 Å². The minimum absolute atomic E-state index is 0.0413. The van der Waals surface area contributed by atoms with Crippen LogP contribution in [0.3, 0.4) is 0 Å². The Hall–Kier alpha value is -4.24. The number of carbonyl (C=O) groups is 2. The van der Waals surface area contributed by atoms with Crippen LogP contribution in [0.1, 0.15) is 56.4 Å². The Labute approximate surface area is 220 Å². The highest BCUT2D eigenvalue weighted by Crippen LogP contribution is 2.36. The van der Waals surface area contributed by atoms with E-state index in [4.69, 9.17) is 4.74 Å². The SMILES string of the molecule is O=C(O)c1ccccc1S(=O)(=O)Cc1c(OC(Cn2ccnc2)c2ccccc2)ccc2c1CCCC2=O. The largest absolute Gasteiger partial charge is 0.484 e. The number of hydrogen-bond acceptors (Lipinski definition) is 6. The van der Waals surface area contributed by atoms with E-state index < -0.39 is 27.7 Å². The summed E-state index contributed by atoms with van der Waals surface area (Å²) in [6, 6.07) is 18.5. The maximum absolute atomic E-state index is 13.6. The van der Waals surface area contributed by atoms with E-state index in [9.17, 15) is 23.1 Å². The lowest BCUT2D eigenvalue weighted by molar-refractivity contribution is 0.0692. The average Bonchev–Trinajstić information content (AvgIpc) is 3.43. The van der Waals surface area contributed by atoms with E-state index in [0.29, 0.717) is 48.2 Å². The molecule has 4 aromatic rings. The van der Waals surface area contributed by atoms with Crippen LogP contribution in [0.2, 0.25) is 0 Å². The lowest BCUT2D eigenvalue weighted by Gasteiger charge is -2.26. The number of aromatic carboxylic acids is 1. The van der Waals surface area contributed by atoms with Gasteiger partial charge in [0.15, 0.2) is 15.6 Å². The van der Waals surface area contributed by atoms with Crippen molar-refractivity contribution >= 4 is 21.6 Å². The van der Waals surface area contributed by atoms with E-state index >= 15 is 0 Å². The normalized spacial score (nSPS) is 14.1. The number of Topliss-reactive ketones (excluding diaryl/α,β-unsaturated/α-hetero) is 1. The van der Waals surface area contributed by atoms with Gasteiger partial charge in [-0.25, -0.2) is 18.2 Å². The number of carboxylic acid groups (broad SMARTS) is 1. The van der Waals surface area contributed by atoms with Crippen molar-refractivity contribution in [2.75, 3.05) is 0 Å². The molecule has 1 aliphatic rings. The van der Waals surface area contributed by atoms with Crippen LogP contribution in [0.25, 0.3) is 0 Å². The van der Waals surface area contributed by atoms with Crippen LogP contribution in [0.4, 0.5) is 0 Å². The smallest absolute Gasteiger partial charge is 0.337 e. The lowest BCUT2D eigenvalue weighted by Crippen LogP contribution is -2.20. The third-order valence-electron chi connectivity index (χ3n) is 6.68. The highest BCUT2D eigenvalue weighted by Gasteiger charge is 2.30. The molecule has 1 aliphatic carbocycles. The Kier molecular flexibility index (Phi) is 7.11. The molecule has 0 spiro atoms. The molecule has 0 fully saturated rings. The first-order valence-electron chi connectivity index (χ1n) is 12.2. The summed E-state index contributed by atoms with van der Waals surface area (Å²) in [5, 5.41) is 9.60. The number of benzene rings is 3. The van der Waals surface area contributed by atoms with Crippen LogP contribution in [0, 0.1) is 0 Å². The lowest BCUT2D eigenvalue weighted by atomic mass is 9.87. The number of hydrogen-bond donors (Lipinski definition) is 1. The van der Waals surface area contributed by atoms with Gasteiger partial charge in [-0.2, -0.15) is 0 Å². The molecular weight excluding hydrogens is 504 g/mol. The fourth-order valence-corrected chi connectivity index (χ4v) is 6.48. The third-order valence-corrected chi connectivity index (χ3v) is 8.38. The monoisotopic (exact) mass is 530 g/mol. The van der Waals surface area contributed by atoms with Gasteiger partial charge in [0.25, 0.3) is 0 Å². The molecule has 0 radical (unpaired) electrons. The van der Waals surface area contributed by atoms with Gasteiger partial charge in [0, 0.05) is 29.9 Å². The Morgan fingerprint density at radius 3 is 2.53 bits per heavy atom. The zero-order valence-electron chi connectivity index (χ0n) is 20.5. The van der Waals surface area contributed by atoms with E-state index in [1.54, 1.807) is 24.7 Å². The minimum Gasteiger partial charge on any atom is -0.484 e. The van der Waals surface area contributed by atoms with Crippen molar-refractivity contribution in [1.29, 1.82) is 0 Å². The second kappa shape index (κ2) is 10.6. The molecule has 1 atom stereocenters. The van der Waals surface area contributed by atoms with Crippen molar-refractivity contribution in [3.05, 3.63) is 113 Å². The van der Waals surface area contributed by atoms with Crippen molar-refractivity contribution in [2.45, 2.75) is 42.6 Å². The molecular formula is C29H26N2O6S. The van der Waals surface area contributed by atoms with E-state index in [1.165, 1.54) is 24.3 Å². The van der Waals surface area contributed by atoms with E-state index in [-0.39, 0.29) is 16.2 Å². The van der Waals surface area contributed by atoms with E-state index in [2.05, 4.69) is 4.98 Å². The van der Waals surface area contributed by atoms with E-state index in [0.717, 1.165) is 5.56 Å². The van der Waals surface area contributed by atoms with Gasteiger partial charge in [0.1, 0.15) is 11.9 Å². The number of imidazole rings is 1. The zero-order chi connectivity index (χ0) is 26.7. The molecule has 0 aliphatic heterocycles. The van der Waals surface area contributed by atoms with Gasteiger partial charge in [-0.1, -0.05) is 42.5 Å². The molecule has 38 heavy (non-hydrogen) atoms. The van der Waals surface area contributed by atoms with Crippen molar-refractivity contribution in [1.82, 2.24) is 9.55 Å². The summed E-state index contributed by atoms with van der Waals surface area (Å²) < 4.78 is 35.7. The fraction of sp³-hybridized carbons (Fsp3) is 0.207.